The van der Waals surface area contributed by atoms with Crippen molar-refractivity contribution in [2.75, 3.05) is 13.2 Å². The number of hydrogen-bond donors (Lipinski definition) is 2. The van der Waals surface area contributed by atoms with Gasteiger partial charge in [-0.25, -0.2) is 4.98 Å². The van der Waals surface area contributed by atoms with Crippen molar-refractivity contribution >= 4 is 0 Å². The Balaban J connectivity index is 1.64. The highest BCUT2D eigenvalue weighted by atomic mass is 16.5. The summed E-state index contributed by atoms with van der Waals surface area (Å²) in [5, 5.41) is 13.0. The second-order valence-corrected chi connectivity index (χ2v) is 5.04. The third kappa shape index (κ3) is 5.30. The maximum Gasteiger partial charge on any atom is 0.208 e. The predicted molar refractivity (Wildman–Crippen MR) is 79.8 cm³/mol. The van der Waals surface area contributed by atoms with Crippen LogP contribution in [0.1, 0.15) is 30.2 Å². The van der Waals surface area contributed by atoms with Crippen LogP contribution >= 0.6 is 0 Å². The van der Waals surface area contributed by atoms with E-state index in [9.17, 15) is 5.11 Å². The number of hydrogen-bond acceptors (Lipinski definition) is 5. The summed E-state index contributed by atoms with van der Waals surface area (Å²) in [5.41, 5.74) is 1.10. The zero-order valence-electron chi connectivity index (χ0n) is 12.5. The van der Waals surface area contributed by atoms with Crippen molar-refractivity contribution < 1.29 is 14.3 Å². The number of aryl methyl sites for hydroxylation is 1. The van der Waals surface area contributed by atoms with Crippen molar-refractivity contribution in [3.05, 3.63) is 53.7 Å². The standard InChI is InChI=1S/C16H22N2O3/c1-12-8-18-16(21-12)10-17-9-15(19)11-20-13(2)14-6-4-3-5-7-14/h3-8,13,15,17,19H,9-11H2,1-2H3. The van der Waals surface area contributed by atoms with E-state index in [1.807, 2.05) is 44.2 Å². The Morgan fingerprint density at radius 3 is 2.76 bits per heavy atom. The number of nitrogens with one attached hydrogen (secondary N) is 1. The van der Waals surface area contributed by atoms with Crippen molar-refractivity contribution in [1.82, 2.24) is 10.3 Å². The molecule has 2 aromatic rings. The molecule has 2 atom stereocenters. The van der Waals surface area contributed by atoms with Gasteiger partial charge in [0, 0.05) is 6.54 Å². The van der Waals surface area contributed by atoms with E-state index in [0.717, 1.165) is 11.3 Å². The molecular weight excluding hydrogens is 268 g/mol. The number of aliphatic hydroxyl groups is 1. The second kappa shape index (κ2) is 7.93. The molecule has 2 N–H and O–H groups in total. The van der Waals surface area contributed by atoms with E-state index in [2.05, 4.69) is 10.3 Å². The molecule has 0 aliphatic carbocycles. The van der Waals surface area contributed by atoms with Gasteiger partial charge in [0.2, 0.25) is 5.89 Å². The molecule has 5 nitrogen and oxygen atoms in total. The van der Waals surface area contributed by atoms with Crippen molar-refractivity contribution in [3.63, 3.8) is 0 Å². The molecule has 0 bridgehead atoms. The molecule has 0 aliphatic heterocycles. The average Bonchev–Trinajstić information content (AvgIpc) is 2.91. The molecule has 2 unspecified atom stereocenters. The topological polar surface area (TPSA) is 67.5 Å². The van der Waals surface area contributed by atoms with Crippen LogP contribution in [-0.2, 0) is 11.3 Å². The van der Waals surface area contributed by atoms with Crippen LogP contribution in [0.3, 0.4) is 0 Å². The van der Waals surface area contributed by atoms with E-state index < -0.39 is 6.10 Å². The summed E-state index contributed by atoms with van der Waals surface area (Å²) in [6, 6.07) is 9.96. The molecule has 0 fully saturated rings. The fourth-order valence-electron chi connectivity index (χ4n) is 1.96. The van der Waals surface area contributed by atoms with Gasteiger partial charge in [0.05, 0.1) is 31.6 Å². The summed E-state index contributed by atoms with van der Waals surface area (Å²) >= 11 is 0. The van der Waals surface area contributed by atoms with Gasteiger partial charge in [0.15, 0.2) is 0 Å². The van der Waals surface area contributed by atoms with Gasteiger partial charge < -0.3 is 19.6 Å². The third-order valence-corrected chi connectivity index (χ3v) is 3.13. The second-order valence-electron chi connectivity index (χ2n) is 5.04. The smallest absolute Gasteiger partial charge is 0.208 e. The van der Waals surface area contributed by atoms with Crippen LogP contribution in [0.25, 0.3) is 0 Å². The minimum absolute atomic E-state index is 0.0322. The van der Waals surface area contributed by atoms with Gasteiger partial charge in [-0.05, 0) is 19.4 Å². The number of aliphatic hydroxyl groups excluding tert-OH is 1. The Hall–Kier alpha value is -1.69. The number of rotatable bonds is 8. The molecule has 1 aromatic heterocycles. The quantitative estimate of drug-likeness (QED) is 0.780. The van der Waals surface area contributed by atoms with Crippen LogP contribution < -0.4 is 5.32 Å². The Morgan fingerprint density at radius 1 is 1.33 bits per heavy atom. The first-order chi connectivity index (χ1) is 10.1. The molecule has 0 spiro atoms. The first-order valence-corrected chi connectivity index (χ1v) is 7.12. The van der Waals surface area contributed by atoms with Gasteiger partial charge in [-0.15, -0.1) is 0 Å². The molecule has 0 amide bonds. The van der Waals surface area contributed by atoms with Gasteiger partial charge in [-0.2, -0.15) is 0 Å². The number of benzene rings is 1. The van der Waals surface area contributed by atoms with E-state index >= 15 is 0 Å². The van der Waals surface area contributed by atoms with Gasteiger partial charge in [0.25, 0.3) is 0 Å². The van der Waals surface area contributed by atoms with Crippen LogP contribution in [0.15, 0.2) is 40.9 Å². The summed E-state index contributed by atoms with van der Waals surface area (Å²) in [5.74, 6) is 1.41. The van der Waals surface area contributed by atoms with Crippen LogP contribution in [0.2, 0.25) is 0 Å². The van der Waals surface area contributed by atoms with Gasteiger partial charge in [-0.3, -0.25) is 0 Å². The fraction of sp³-hybridized carbons (Fsp3) is 0.438. The SMILES string of the molecule is Cc1cnc(CNCC(O)COC(C)c2ccccc2)o1. The number of aromatic nitrogens is 1. The Morgan fingerprint density at radius 2 is 2.10 bits per heavy atom. The zero-order chi connectivity index (χ0) is 15.1. The summed E-state index contributed by atoms with van der Waals surface area (Å²) in [4.78, 5) is 4.08. The highest BCUT2D eigenvalue weighted by Crippen LogP contribution is 2.15. The number of nitrogens with zero attached hydrogens (tertiary/aromatic N) is 1. The Bertz CT molecular complexity index is 527. The minimum atomic E-state index is -0.563. The number of ether oxygens (including phenoxy) is 1. The average molecular weight is 290 g/mol. The zero-order valence-corrected chi connectivity index (χ0v) is 12.5. The molecule has 0 saturated carbocycles. The van der Waals surface area contributed by atoms with Gasteiger partial charge in [0.1, 0.15) is 5.76 Å². The van der Waals surface area contributed by atoms with Crippen molar-refractivity contribution in [2.45, 2.75) is 32.6 Å². The lowest BCUT2D eigenvalue weighted by atomic mass is 10.1. The lowest BCUT2D eigenvalue weighted by molar-refractivity contribution is -0.00227. The summed E-state index contributed by atoms with van der Waals surface area (Å²) in [6.07, 6.45) is 1.08. The normalized spacial score (nSPS) is 14.0. The van der Waals surface area contributed by atoms with Crippen LogP contribution in [-0.4, -0.2) is 29.3 Å². The fourth-order valence-corrected chi connectivity index (χ4v) is 1.96. The molecule has 0 aliphatic rings. The third-order valence-electron chi connectivity index (χ3n) is 3.13. The van der Waals surface area contributed by atoms with Crippen LogP contribution in [0.5, 0.6) is 0 Å². The molecule has 114 valence electrons. The monoisotopic (exact) mass is 290 g/mol. The van der Waals surface area contributed by atoms with E-state index in [1.165, 1.54) is 0 Å². The summed E-state index contributed by atoms with van der Waals surface area (Å²) in [7, 11) is 0. The largest absolute Gasteiger partial charge is 0.445 e. The molecule has 0 radical (unpaired) electrons. The highest BCUT2D eigenvalue weighted by Gasteiger charge is 2.10. The lowest BCUT2D eigenvalue weighted by Crippen LogP contribution is -2.30. The molecule has 2 rings (SSSR count). The molecule has 0 saturated heterocycles. The summed E-state index contributed by atoms with van der Waals surface area (Å²) < 4.78 is 11.0. The van der Waals surface area contributed by atoms with E-state index in [4.69, 9.17) is 9.15 Å². The summed E-state index contributed by atoms with van der Waals surface area (Å²) in [6.45, 7) is 5.05. The Kier molecular flexibility index (Phi) is 5.92. The van der Waals surface area contributed by atoms with Crippen molar-refractivity contribution in [3.8, 4) is 0 Å². The lowest BCUT2D eigenvalue weighted by Gasteiger charge is -2.17. The van der Waals surface area contributed by atoms with Crippen molar-refractivity contribution in [2.24, 2.45) is 0 Å². The van der Waals surface area contributed by atoms with E-state index in [0.29, 0.717) is 19.0 Å². The van der Waals surface area contributed by atoms with E-state index in [-0.39, 0.29) is 12.7 Å². The molecular formula is C16H22N2O3. The Labute approximate surface area is 125 Å². The predicted octanol–water partition coefficient (Wildman–Crippen LogP) is 2.21. The van der Waals surface area contributed by atoms with Gasteiger partial charge >= 0.3 is 0 Å². The van der Waals surface area contributed by atoms with Crippen LogP contribution in [0, 0.1) is 6.92 Å². The van der Waals surface area contributed by atoms with Crippen LogP contribution in [0.4, 0.5) is 0 Å². The van der Waals surface area contributed by atoms with Gasteiger partial charge in [-0.1, -0.05) is 30.3 Å². The molecule has 1 aromatic carbocycles. The highest BCUT2D eigenvalue weighted by molar-refractivity contribution is 5.16. The van der Waals surface area contributed by atoms with E-state index in [1.54, 1.807) is 6.20 Å². The molecule has 5 heteroatoms. The molecule has 21 heavy (non-hydrogen) atoms. The van der Waals surface area contributed by atoms with Crippen molar-refractivity contribution in [1.29, 1.82) is 0 Å². The first-order valence-electron chi connectivity index (χ1n) is 7.12. The first kappa shape index (κ1) is 15.7. The minimum Gasteiger partial charge on any atom is -0.445 e. The number of oxazole rings is 1. The maximum absolute atomic E-state index is 9.89. The molecule has 1 heterocycles. The maximum atomic E-state index is 9.89.